The third-order valence-corrected chi connectivity index (χ3v) is 5.73. The largest absolute Gasteiger partial charge is 0.429 e. The Bertz CT molecular complexity index is 1660. The van der Waals surface area contributed by atoms with Crippen LogP contribution in [0.15, 0.2) is 40.4 Å². The third kappa shape index (κ3) is 6.13. The number of hydrogen-bond acceptors (Lipinski definition) is 9. The second-order valence-electron chi connectivity index (χ2n) is 8.59. The number of H-pyrrole nitrogens is 1. The van der Waals surface area contributed by atoms with Gasteiger partial charge < -0.3 is 15.8 Å². The molecular weight excluding hydrogens is 550 g/mol. The van der Waals surface area contributed by atoms with E-state index in [1.165, 1.54) is 17.0 Å². The number of nitrogen functional groups attached to an aromatic ring is 1. The zero-order valence-electron chi connectivity index (χ0n) is 20.5. The molecule has 11 nitrogen and oxygen atoms in total. The number of ether oxygens (including phenoxy) is 1. The van der Waals surface area contributed by atoms with Crippen molar-refractivity contribution in [3.63, 3.8) is 0 Å². The Morgan fingerprint density at radius 2 is 1.93 bits per heavy atom. The number of hydrogen-bond donors (Lipinski definition) is 3. The fourth-order valence-corrected chi connectivity index (χ4v) is 3.90. The van der Waals surface area contributed by atoms with Gasteiger partial charge >= 0.3 is 12.8 Å². The third-order valence-electron chi connectivity index (χ3n) is 5.73. The highest BCUT2D eigenvalue weighted by molar-refractivity contribution is 5.82. The molecule has 1 aromatic carbocycles. The van der Waals surface area contributed by atoms with Crippen LogP contribution in [0.5, 0.6) is 5.75 Å². The quantitative estimate of drug-likeness (QED) is 0.256. The summed E-state index contributed by atoms with van der Waals surface area (Å²) in [5.41, 5.74) is 1.69. The van der Waals surface area contributed by atoms with Crippen LogP contribution in [-0.2, 0) is 12.7 Å². The van der Waals surface area contributed by atoms with Gasteiger partial charge in [0, 0.05) is 12.6 Å². The number of rotatable bonds is 9. The van der Waals surface area contributed by atoms with Crippen molar-refractivity contribution in [3.8, 4) is 17.1 Å². The molecule has 4 aromatic rings. The number of aromatic amines is 1. The molecule has 4 N–H and O–H groups in total. The molecule has 1 atom stereocenters. The first-order valence-electron chi connectivity index (χ1n) is 11.5. The molecule has 0 aliphatic rings. The summed E-state index contributed by atoms with van der Waals surface area (Å²) in [5, 5.41) is 7.70. The van der Waals surface area contributed by atoms with E-state index < -0.39 is 58.6 Å². The van der Waals surface area contributed by atoms with Crippen molar-refractivity contribution in [1.29, 1.82) is 0 Å². The molecule has 0 unspecified atom stereocenters. The maximum Gasteiger partial charge on any atom is 0.423 e. The number of nitrogens with zero attached hydrogens (tertiary/aromatic N) is 5. The molecule has 3 heterocycles. The Morgan fingerprint density at radius 1 is 1.18 bits per heavy atom. The molecule has 0 saturated heterocycles. The zero-order valence-corrected chi connectivity index (χ0v) is 20.5. The second kappa shape index (κ2) is 11.2. The maximum absolute atomic E-state index is 14.9. The molecule has 17 heteroatoms. The Morgan fingerprint density at radius 3 is 2.60 bits per heavy atom. The molecule has 0 radical (unpaired) electrons. The summed E-state index contributed by atoms with van der Waals surface area (Å²) in [6.07, 6.45) is -1.31. The van der Waals surface area contributed by atoms with Gasteiger partial charge in [-0.05, 0) is 31.9 Å². The molecule has 0 aliphatic carbocycles. The highest BCUT2D eigenvalue weighted by atomic mass is 19.4. The topological polar surface area (TPSA) is 154 Å². The van der Waals surface area contributed by atoms with Gasteiger partial charge in [0.15, 0.2) is 17.4 Å². The molecule has 0 fully saturated rings. The highest BCUT2D eigenvalue weighted by Gasteiger charge is 2.37. The molecule has 40 heavy (non-hydrogen) atoms. The predicted molar refractivity (Wildman–Crippen MR) is 130 cm³/mol. The van der Waals surface area contributed by atoms with Gasteiger partial charge in [0.05, 0.1) is 40.9 Å². The predicted octanol–water partition coefficient (Wildman–Crippen LogP) is 3.56. The van der Waals surface area contributed by atoms with Crippen LogP contribution < -0.4 is 26.9 Å². The van der Waals surface area contributed by atoms with Gasteiger partial charge in [0.25, 0.3) is 11.1 Å². The van der Waals surface area contributed by atoms with E-state index in [-0.39, 0.29) is 28.8 Å². The van der Waals surface area contributed by atoms with E-state index in [1.54, 1.807) is 12.0 Å². The van der Waals surface area contributed by atoms with Crippen LogP contribution in [0, 0.1) is 5.82 Å². The summed E-state index contributed by atoms with van der Waals surface area (Å²) >= 11 is 0. The fourth-order valence-electron chi connectivity index (χ4n) is 3.90. The average Bonchev–Trinajstić information content (AvgIpc) is 2.86. The number of halogens is 6. The second-order valence-corrected chi connectivity index (χ2v) is 8.59. The van der Waals surface area contributed by atoms with Crippen molar-refractivity contribution in [2.24, 2.45) is 0 Å². The van der Waals surface area contributed by atoms with Crippen LogP contribution in [0.4, 0.5) is 37.8 Å². The number of benzene rings is 1. The average molecular weight is 570 g/mol. The molecule has 0 bridgehead atoms. The zero-order chi connectivity index (χ0) is 29.2. The van der Waals surface area contributed by atoms with Crippen LogP contribution in [-0.4, -0.2) is 42.4 Å². The monoisotopic (exact) mass is 570 g/mol. The van der Waals surface area contributed by atoms with E-state index in [9.17, 15) is 35.9 Å². The summed E-state index contributed by atoms with van der Waals surface area (Å²) in [6, 6.07) is 1.61. The minimum Gasteiger partial charge on any atom is -0.429 e. The first kappa shape index (κ1) is 28.3. The normalized spacial score (nSPS) is 12.6. The van der Waals surface area contributed by atoms with Gasteiger partial charge in [-0.3, -0.25) is 14.2 Å². The summed E-state index contributed by atoms with van der Waals surface area (Å²) < 4.78 is 84.8. The molecule has 0 aliphatic heterocycles. The first-order chi connectivity index (χ1) is 18.8. The minimum atomic E-state index is -4.89. The van der Waals surface area contributed by atoms with Crippen LogP contribution in [0.3, 0.4) is 0 Å². The molecule has 3 aromatic heterocycles. The lowest BCUT2D eigenvalue weighted by Crippen LogP contribution is -2.27. The van der Waals surface area contributed by atoms with E-state index in [1.807, 2.05) is 0 Å². The maximum atomic E-state index is 14.9. The SMILES string of the molecule is C[C@@H](CCCn1cnc2cc(-c3ncc(OC(F)F)c(N)n3)c(F)cc2c1=O)Nc1cn[nH]c(=O)c1C(F)(F)F. The van der Waals surface area contributed by atoms with Crippen molar-refractivity contribution in [2.45, 2.75) is 45.1 Å². The van der Waals surface area contributed by atoms with Gasteiger partial charge in [0.1, 0.15) is 11.4 Å². The number of nitrogens with two attached hydrogens (primary N) is 1. The van der Waals surface area contributed by atoms with E-state index in [0.29, 0.717) is 12.8 Å². The van der Waals surface area contributed by atoms with E-state index >= 15 is 0 Å². The van der Waals surface area contributed by atoms with E-state index in [2.05, 4.69) is 30.1 Å². The lowest BCUT2D eigenvalue weighted by atomic mass is 10.1. The van der Waals surface area contributed by atoms with Crippen molar-refractivity contribution < 1.29 is 31.1 Å². The molecular formula is C23H20F6N8O3. The first-order valence-corrected chi connectivity index (χ1v) is 11.5. The Kier molecular flexibility index (Phi) is 7.92. The van der Waals surface area contributed by atoms with E-state index in [0.717, 1.165) is 18.5 Å². The van der Waals surface area contributed by atoms with Crippen molar-refractivity contribution in [1.82, 2.24) is 29.7 Å². The van der Waals surface area contributed by atoms with Gasteiger partial charge in [0.2, 0.25) is 0 Å². The summed E-state index contributed by atoms with van der Waals surface area (Å²) in [4.78, 5) is 36.3. The van der Waals surface area contributed by atoms with Gasteiger partial charge in [-0.1, -0.05) is 0 Å². The van der Waals surface area contributed by atoms with Gasteiger partial charge in [-0.25, -0.2) is 24.4 Å². The molecule has 212 valence electrons. The van der Waals surface area contributed by atoms with Crippen molar-refractivity contribution in [2.75, 3.05) is 11.1 Å². The lowest BCUT2D eigenvalue weighted by Gasteiger charge is -2.18. The summed E-state index contributed by atoms with van der Waals surface area (Å²) in [5.74, 6) is -2.06. The molecule has 0 spiro atoms. The number of alkyl halides is 5. The number of aryl methyl sites for hydroxylation is 1. The van der Waals surface area contributed by atoms with Crippen LogP contribution in [0.25, 0.3) is 22.3 Å². The standard InChI is InChI=1S/C23H20F6N8O3/c1-10(34-15-7-33-36-20(38)17(15)23(27,28)29)3-2-4-37-9-32-14-6-11(13(24)5-12(14)21(37)39)19-31-8-16(18(30)35-19)40-22(25)26/h5-10,22H,2-4H2,1H3,(H2,30,31,35)(H2,34,36,38)/t10-/m0/s1. The molecule has 0 saturated carbocycles. The van der Waals surface area contributed by atoms with E-state index in [4.69, 9.17) is 5.73 Å². The Hall–Kier alpha value is -4.70. The smallest absolute Gasteiger partial charge is 0.423 e. The Balaban J connectivity index is 1.48. The van der Waals surface area contributed by atoms with Crippen LogP contribution >= 0.6 is 0 Å². The lowest BCUT2D eigenvalue weighted by molar-refractivity contribution is -0.138. The minimum absolute atomic E-state index is 0.0649. The molecule has 0 amide bonds. The van der Waals surface area contributed by atoms with Crippen LogP contribution in [0.1, 0.15) is 25.3 Å². The Labute approximate surface area is 220 Å². The summed E-state index contributed by atoms with van der Waals surface area (Å²) in [7, 11) is 0. The van der Waals surface area contributed by atoms with Crippen molar-refractivity contribution >= 4 is 22.4 Å². The van der Waals surface area contributed by atoms with Crippen LogP contribution in [0.2, 0.25) is 0 Å². The van der Waals surface area contributed by atoms with Gasteiger partial charge in [-0.2, -0.15) is 27.1 Å². The van der Waals surface area contributed by atoms with Gasteiger partial charge in [-0.15, -0.1) is 0 Å². The number of anilines is 2. The summed E-state index contributed by atoms with van der Waals surface area (Å²) in [6.45, 7) is -1.45. The number of aromatic nitrogens is 6. The van der Waals surface area contributed by atoms with Crippen molar-refractivity contribution in [3.05, 3.63) is 62.9 Å². The number of fused-ring (bicyclic) bond motifs is 1. The highest BCUT2D eigenvalue weighted by Crippen LogP contribution is 2.32. The number of nitrogens with one attached hydrogen (secondary N) is 2. The molecule has 4 rings (SSSR count). The fraction of sp³-hybridized carbons (Fsp3) is 0.304.